The Hall–Kier alpha value is -2.62. The number of hydrogen-bond acceptors (Lipinski definition) is 5. The number of hydrogen-bond donors (Lipinski definition) is 0. The Morgan fingerprint density at radius 2 is 2.00 bits per heavy atom. The van der Waals surface area contributed by atoms with E-state index in [-0.39, 0.29) is 23.7 Å². The van der Waals surface area contributed by atoms with E-state index < -0.39 is 4.92 Å². The third-order valence-corrected chi connectivity index (χ3v) is 3.20. The van der Waals surface area contributed by atoms with E-state index in [0.29, 0.717) is 18.8 Å². The van der Waals surface area contributed by atoms with Crippen LogP contribution in [0.2, 0.25) is 0 Å². The summed E-state index contributed by atoms with van der Waals surface area (Å²) in [6.45, 7) is 5.00. The van der Waals surface area contributed by atoms with Crippen LogP contribution < -0.4 is 4.90 Å². The zero-order chi connectivity index (χ0) is 16.0. The highest BCUT2D eigenvalue weighted by atomic mass is 16.6. The van der Waals surface area contributed by atoms with Crippen molar-refractivity contribution in [2.45, 2.75) is 13.8 Å². The van der Waals surface area contributed by atoms with Gasteiger partial charge in [0.15, 0.2) is 0 Å². The Labute approximate surface area is 123 Å². The molecule has 1 aromatic rings. The summed E-state index contributed by atoms with van der Waals surface area (Å²) >= 11 is 0. The molecule has 112 valence electrons. The van der Waals surface area contributed by atoms with E-state index in [9.17, 15) is 14.9 Å². The number of rotatable bonds is 6. The minimum absolute atomic E-state index is 0.0500. The summed E-state index contributed by atoms with van der Waals surface area (Å²) in [5.74, 6) is -0.0962. The van der Waals surface area contributed by atoms with Gasteiger partial charge in [0, 0.05) is 26.2 Å². The van der Waals surface area contributed by atoms with Crippen LogP contribution in [0.3, 0.4) is 0 Å². The van der Waals surface area contributed by atoms with Gasteiger partial charge in [-0.15, -0.1) is 0 Å². The van der Waals surface area contributed by atoms with E-state index in [1.807, 2.05) is 19.9 Å². The average Bonchev–Trinajstić information content (AvgIpc) is 2.47. The van der Waals surface area contributed by atoms with E-state index in [2.05, 4.69) is 0 Å². The van der Waals surface area contributed by atoms with Crippen LogP contribution in [0.1, 0.15) is 19.4 Å². The highest BCUT2D eigenvalue weighted by Gasteiger charge is 2.21. The largest absolute Gasteiger partial charge is 0.360 e. The van der Waals surface area contributed by atoms with E-state index in [1.165, 1.54) is 23.1 Å². The Morgan fingerprint density at radius 1 is 1.38 bits per heavy atom. The molecule has 0 spiro atoms. The molecule has 1 rings (SSSR count). The molecule has 0 fully saturated rings. The Kier molecular flexibility index (Phi) is 5.67. The molecule has 1 aromatic carbocycles. The number of anilines is 1. The molecule has 0 radical (unpaired) electrons. The summed E-state index contributed by atoms with van der Waals surface area (Å²) in [6.07, 6.45) is 0. The first-order valence-corrected chi connectivity index (χ1v) is 6.62. The van der Waals surface area contributed by atoms with Crippen molar-refractivity contribution in [3.05, 3.63) is 33.9 Å². The lowest BCUT2D eigenvalue weighted by Gasteiger charge is -2.24. The van der Waals surface area contributed by atoms with E-state index in [1.54, 1.807) is 11.9 Å². The number of nitro benzene ring substituents is 1. The summed E-state index contributed by atoms with van der Waals surface area (Å²) in [7, 11) is 1.62. The molecule has 0 saturated carbocycles. The predicted octanol–water partition coefficient (Wildman–Crippen LogP) is 1.77. The van der Waals surface area contributed by atoms with Gasteiger partial charge in [-0.05, 0) is 26.0 Å². The number of nitriles is 1. The van der Waals surface area contributed by atoms with Gasteiger partial charge in [-0.1, -0.05) is 0 Å². The molecule has 1 amide bonds. The fraction of sp³-hybridized carbons (Fsp3) is 0.429. The molecule has 21 heavy (non-hydrogen) atoms. The molecule has 7 nitrogen and oxygen atoms in total. The third kappa shape index (κ3) is 3.92. The smallest absolute Gasteiger partial charge is 0.293 e. The first kappa shape index (κ1) is 16.4. The number of benzene rings is 1. The van der Waals surface area contributed by atoms with Crippen molar-refractivity contribution in [2.24, 2.45) is 0 Å². The molecular formula is C14H18N4O3. The summed E-state index contributed by atoms with van der Waals surface area (Å²) in [5.41, 5.74) is 0.359. The van der Waals surface area contributed by atoms with Crippen LogP contribution in [0, 0.1) is 21.4 Å². The SMILES string of the molecule is CCN(CC)C(=O)CN(C)c1ccc(C#N)cc1[N+](=O)[O-]. The molecule has 0 bridgehead atoms. The van der Waals surface area contributed by atoms with Crippen LogP contribution >= 0.6 is 0 Å². The number of carbonyl (C=O) groups excluding carboxylic acids is 1. The molecule has 7 heteroatoms. The van der Waals surface area contributed by atoms with Crippen LogP contribution in [-0.4, -0.2) is 42.4 Å². The van der Waals surface area contributed by atoms with Gasteiger partial charge in [0.1, 0.15) is 5.69 Å². The number of amides is 1. The third-order valence-electron chi connectivity index (χ3n) is 3.20. The van der Waals surface area contributed by atoms with E-state index in [4.69, 9.17) is 5.26 Å². The van der Waals surface area contributed by atoms with Crippen LogP contribution in [0.4, 0.5) is 11.4 Å². The quantitative estimate of drug-likeness (QED) is 0.588. The molecule has 0 unspecified atom stereocenters. The first-order chi connectivity index (χ1) is 9.94. The van der Waals surface area contributed by atoms with Crippen molar-refractivity contribution in [3.63, 3.8) is 0 Å². The minimum atomic E-state index is -0.547. The monoisotopic (exact) mass is 290 g/mol. The number of nitro groups is 1. The Morgan fingerprint density at radius 3 is 2.48 bits per heavy atom. The second-order valence-corrected chi connectivity index (χ2v) is 4.49. The summed E-state index contributed by atoms with van der Waals surface area (Å²) < 4.78 is 0. The van der Waals surface area contributed by atoms with Crippen LogP contribution in [0.5, 0.6) is 0 Å². The fourth-order valence-corrected chi connectivity index (χ4v) is 2.03. The number of carbonyl (C=O) groups is 1. The van der Waals surface area contributed by atoms with Crippen molar-refractivity contribution in [3.8, 4) is 6.07 Å². The Balaban J connectivity index is 3.02. The molecule has 0 aromatic heterocycles. The lowest BCUT2D eigenvalue weighted by Crippen LogP contribution is -2.39. The van der Waals surface area contributed by atoms with Crippen LogP contribution in [0.25, 0.3) is 0 Å². The Bertz CT molecular complexity index is 576. The highest BCUT2D eigenvalue weighted by molar-refractivity contribution is 5.82. The molecule has 0 atom stereocenters. The van der Waals surface area contributed by atoms with Gasteiger partial charge in [-0.2, -0.15) is 5.26 Å². The number of nitrogens with zero attached hydrogens (tertiary/aromatic N) is 4. The predicted molar refractivity (Wildman–Crippen MR) is 79.0 cm³/mol. The zero-order valence-electron chi connectivity index (χ0n) is 12.4. The maximum atomic E-state index is 12.1. The highest BCUT2D eigenvalue weighted by Crippen LogP contribution is 2.28. The van der Waals surface area contributed by atoms with E-state index >= 15 is 0 Å². The molecular weight excluding hydrogens is 272 g/mol. The van der Waals surface area contributed by atoms with Crippen molar-refractivity contribution in [1.29, 1.82) is 5.26 Å². The van der Waals surface area contributed by atoms with Gasteiger partial charge in [0.25, 0.3) is 5.69 Å². The molecule has 0 aliphatic rings. The van der Waals surface area contributed by atoms with Crippen molar-refractivity contribution < 1.29 is 9.72 Å². The van der Waals surface area contributed by atoms with Gasteiger partial charge < -0.3 is 9.80 Å². The van der Waals surface area contributed by atoms with Crippen molar-refractivity contribution in [2.75, 3.05) is 31.6 Å². The summed E-state index contributed by atoms with van der Waals surface area (Å²) in [5, 5.41) is 19.9. The second kappa shape index (κ2) is 7.24. The lowest BCUT2D eigenvalue weighted by molar-refractivity contribution is -0.384. The van der Waals surface area contributed by atoms with Crippen LogP contribution in [0.15, 0.2) is 18.2 Å². The van der Waals surface area contributed by atoms with Crippen LogP contribution in [-0.2, 0) is 4.79 Å². The average molecular weight is 290 g/mol. The molecule has 0 N–H and O–H groups in total. The normalized spacial score (nSPS) is 9.81. The first-order valence-electron chi connectivity index (χ1n) is 6.62. The second-order valence-electron chi connectivity index (χ2n) is 4.49. The zero-order valence-corrected chi connectivity index (χ0v) is 12.4. The van der Waals surface area contributed by atoms with Gasteiger partial charge in [-0.3, -0.25) is 14.9 Å². The number of likely N-dealkylation sites (N-methyl/N-ethyl adjacent to an activating group) is 2. The molecule has 0 aliphatic carbocycles. The van der Waals surface area contributed by atoms with Gasteiger partial charge in [0.2, 0.25) is 5.91 Å². The van der Waals surface area contributed by atoms with Gasteiger partial charge in [0.05, 0.1) is 23.1 Å². The fourth-order valence-electron chi connectivity index (χ4n) is 2.03. The molecule has 0 saturated heterocycles. The minimum Gasteiger partial charge on any atom is -0.360 e. The standard InChI is InChI=1S/C14H18N4O3/c1-4-17(5-2)14(19)10-16(3)12-7-6-11(9-15)8-13(12)18(20)21/h6-8H,4-5,10H2,1-3H3. The molecule has 0 aliphatic heterocycles. The lowest BCUT2D eigenvalue weighted by atomic mass is 10.1. The van der Waals surface area contributed by atoms with Gasteiger partial charge in [-0.25, -0.2) is 0 Å². The summed E-state index contributed by atoms with van der Waals surface area (Å²) in [6, 6.07) is 6.08. The summed E-state index contributed by atoms with van der Waals surface area (Å²) in [4.78, 5) is 25.8. The molecule has 0 heterocycles. The van der Waals surface area contributed by atoms with E-state index in [0.717, 1.165) is 0 Å². The topological polar surface area (TPSA) is 90.5 Å². The maximum absolute atomic E-state index is 12.1. The van der Waals surface area contributed by atoms with Gasteiger partial charge >= 0.3 is 0 Å². The van der Waals surface area contributed by atoms with Crippen molar-refractivity contribution >= 4 is 17.3 Å². The van der Waals surface area contributed by atoms with Crippen molar-refractivity contribution in [1.82, 2.24) is 4.90 Å². The maximum Gasteiger partial charge on any atom is 0.293 e.